The van der Waals surface area contributed by atoms with E-state index in [0.29, 0.717) is 12.5 Å². The molecule has 1 N–H and O–H groups in total. The Bertz CT molecular complexity index is 168. The predicted molar refractivity (Wildman–Crippen MR) is 41.4 cm³/mol. The summed E-state index contributed by atoms with van der Waals surface area (Å²) in [6, 6.07) is 0. The van der Waals surface area contributed by atoms with Gasteiger partial charge in [0.15, 0.2) is 0 Å². The van der Waals surface area contributed by atoms with Crippen LogP contribution in [-0.4, -0.2) is 37.4 Å². The number of nitrogens with one attached hydrogen (secondary N) is 1. The lowest BCUT2D eigenvalue weighted by atomic mass is 10.6. The second-order valence-corrected chi connectivity index (χ2v) is 1.94. The number of guanidine groups is 1. The van der Waals surface area contributed by atoms with Gasteiger partial charge in [0.1, 0.15) is 6.54 Å². The molecule has 0 saturated carbocycles. The van der Waals surface area contributed by atoms with Gasteiger partial charge in [-0.2, -0.15) is 4.99 Å². The monoisotopic (exact) mass is 163 g/mol. The van der Waals surface area contributed by atoms with Crippen molar-refractivity contribution >= 4 is 24.3 Å². The molecule has 1 amide bonds. The summed E-state index contributed by atoms with van der Waals surface area (Å²) < 4.78 is 0. The zero-order chi connectivity index (χ0) is 6.85. The van der Waals surface area contributed by atoms with Crippen LogP contribution in [0.25, 0.3) is 0 Å². The van der Waals surface area contributed by atoms with Crippen LogP contribution in [-0.2, 0) is 4.79 Å². The van der Waals surface area contributed by atoms with E-state index < -0.39 is 0 Å². The van der Waals surface area contributed by atoms with Crippen molar-refractivity contribution in [1.29, 1.82) is 0 Å². The van der Waals surface area contributed by atoms with Crippen molar-refractivity contribution in [2.45, 2.75) is 0 Å². The van der Waals surface area contributed by atoms with Gasteiger partial charge in [0.25, 0.3) is 5.91 Å². The summed E-state index contributed by atoms with van der Waals surface area (Å²) in [4.78, 5) is 16.0. The summed E-state index contributed by atoms with van der Waals surface area (Å²) in [5.74, 6) is 0.571. The molecule has 0 atom stereocenters. The van der Waals surface area contributed by atoms with Crippen LogP contribution in [0, 0.1) is 0 Å². The number of likely N-dealkylation sites (N-methyl/N-ethyl adjacent to an activating group) is 1. The SMILES string of the molecule is CNC1=NC(=O)CN1C.Cl. The first kappa shape index (κ1) is 9.23. The van der Waals surface area contributed by atoms with Crippen LogP contribution in [0.5, 0.6) is 0 Å². The van der Waals surface area contributed by atoms with Crippen LogP contribution >= 0.6 is 12.4 Å². The molecule has 1 heterocycles. The van der Waals surface area contributed by atoms with Gasteiger partial charge in [-0.15, -0.1) is 12.4 Å². The van der Waals surface area contributed by atoms with Gasteiger partial charge in [-0.25, -0.2) is 0 Å². The Morgan fingerprint density at radius 1 is 1.70 bits per heavy atom. The van der Waals surface area contributed by atoms with E-state index in [1.807, 2.05) is 7.05 Å². The topological polar surface area (TPSA) is 44.7 Å². The number of carbonyl (C=O) groups is 1. The zero-order valence-corrected chi connectivity index (χ0v) is 6.73. The summed E-state index contributed by atoms with van der Waals surface area (Å²) >= 11 is 0. The van der Waals surface area contributed by atoms with E-state index in [9.17, 15) is 4.79 Å². The Morgan fingerprint density at radius 3 is 2.50 bits per heavy atom. The number of rotatable bonds is 0. The molecule has 0 unspecified atom stereocenters. The van der Waals surface area contributed by atoms with Crippen molar-refractivity contribution in [2.24, 2.45) is 4.99 Å². The Kier molecular flexibility index (Phi) is 3.15. The van der Waals surface area contributed by atoms with Crippen LogP contribution in [0.4, 0.5) is 0 Å². The first-order chi connectivity index (χ1) is 4.24. The molecule has 1 rings (SSSR count). The van der Waals surface area contributed by atoms with Gasteiger partial charge in [0, 0.05) is 14.1 Å². The summed E-state index contributed by atoms with van der Waals surface area (Å²) in [7, 11) is 3.56. The van der Waals surface area contributed by atoms with Crippen LogP contribution in [0.3, 0.4) is 0 Å². The van der Waals surface area contributed by atoms with Crippen LogP contribution < -0.4 is 5.32 Å². The molecular weight excluding hydrogens is 154 g/mol. The van der Waals surface area contributed by atoms with Crippen molar-refractivity contribution in [3.05, 3.63) is 0 Å². The Balaban J connectivity index is 0.000000810. The maximum Gasteiger partial charge on any atom is 0.268 e. The van der Waals surface area contributed by atoms with Gasteiger partial charge in [-0.3, -0.25) is 4.79 Å². The quantitative estimate of drug-likeness (QED) is 0.522. The van der Waals surface area contributed by atoms with E-state index in [-0.39, 0.29) is 18.3 Å². The lowest BCUT2D eigenvalue weighted by Crippen LogP contribution is -2.32. The highest BCUT2D eigenvalue weighted by atomic mass is 35.5. The second kappa shape index (κ2) is 3.41. The third-order valence-corrected chi connectivity index (χ3v) is 1.19. The van der Waals surface area contributed by atoms with E-state index in [1.54, 1.807) is 11.9 Å². The van der Waals surface area contributed by atoms with E-state index in [0.717, 1.165) is 0 Å². The van der Waals surface area contributed by atoms with E-state index in [2.05, 4.69) is 10.3 Å². The van der Waals surface area contributed by atoms with Crippen molar-refractivity contribution in [1.82, 2.24) is 10.2 Å². The fraction of sp³-hybridized carbons (Fsp3) is 0.600. The predicted octanol–water partition coefficient (Wildman–Crippen LogP) is -0.544. The van der Waals surface area contributed by atoms with Gasteiger partial charge >= 0.3 is 0 Å². The van der Waals surface area contributed by atoms with Gasteiger partial charge in [-0.05, 0) is 0 Å². The van der Waals surface area contributed by atoms with Gasteiger partial charge in [0.05, 0.1) is 0 Å². The second-order valence-electron chi connectivity index (χ2n) is 1.94. The van der Waals surface area contributed by atoms with Gasteiger partial charge < -0.3 is 10.2 Å². The van der Waals surface area contributed by atoms with Crippen LogP contribution in [0.15, 0.2) is 4.99 Å². The number of hydrogen-bond acceptors (Lipinski definition) is 3. The largest absolute Gasteiger partial charge is 0.359 e. The zero-order valence-electron chi connectivity index (χ0n) is 5.92. The summed E-state index contributed by atoms with van der Waals surface area (Å²) in [5, 5.41) is 2.80. The normalized spacial score (nSPS) is 16.4. The third-order valence-electron chi connectivity index (χ3n) is 1.19. The molecule has 1 aliphatic heterocycles. The van der Waals surface area contributed by atoms with Crippen molar-refractivity contribution in [3.8, 4) is 0 Å². The fourth-order valence-corrected chi connectivity index (χ4v) is 0.763. The van der Waals surface area contributed by atoms with Crippen LogP contribution in [0.1, 0.15) is 0 Å². The van der Waals surface area contributed by atoms with Crippen molar-refractivity contribution < 1.29 is 4.79 Å². The summed E-state index contributed by atoms with van der Waals surface area (Å²) in [5.41, 5.74) is 0. The summed E-state index contributed by atoms with van der Waals surface area (Å²) in [6.45, 7) is 0.399. The molecule has 5 heteroatoms. The maximum atomic E-state index is 10.6. The number of aliphatic imine (C=N–C) groups is 1. The first-order valence-electron chi connectivity index (χ1n) is 2.74. The number of amides is 1. The fourth-order valence-electron chi connectivity index (χ4n) is 0.763. The molecular formula is C5H10ClN3O. The van der Waals surface area contributed by atoms with Gasteiger partial charge in [0.2, 0.25) is 5.96 Å². The highest BCUT2D eigenvalue weighted by Gasteiger charge is 2.16. The Labute approximate surface area is 65.7 Å². The first-order valence-corrected chi connectivity index (χ1v) is 2.74. The minimum Gasteiger partial charge on any atom is -0.359 e. The molecule has 0 aromatic rings. The van der Waals surface area contributed by atoms with E-state index >= 15 is 0 Å². The number of carbonyl (C=O) groups excluding carboxylic acids is 1. The molecule has 10 heavy (non-hydrogen) atoms. The lowest BCUT2D eigenvalue weighted by molar-refractivity contribution is -0.116. The molecule has 0 saturated heterocycles. The van der Waals surface area contributed by atoms with E-state index in [1.165, 1.54) is 0 Å². The molecule has 0 aromatic carbocycles. The molecule has 0 bridgehead atoms. The Morgan fingerprint density at radius 2 is 2.30 bits per heavy atom. The molecule has 1 aliphatic rings. The Hall–Kier alpha value is -0.770. The number of nitrogens with zero attached hydrogens (tertiary/aromatic N) is 2. The summed E-state index contributed by atoms with van der Waals surface area (Å²) in [6.07, 6.45) is 0. The molecule has 0 spiro atoms. The lowest BCUT2D eigenvalue weighted by Gasteiger charge is -2.09. The molecule has 0 aliphatic carbocycles. The number of hydrogen-bond donors (Lipinski definition) is 1. The third kappa shape index (κ3) is 1.60. The minimum atomic E-state index is -0.0816. The molecule has 58 valence electrons. The van der Waals surface area contributed by atoms with Crippen molar-refractivity contribution in [2.75, 3.05) is 20.6 Å². The standard InChI is InChI=1S/C5H9N3O.ClH/c1-6-5-7-4(9)3-8(5)2;/h3H2,1-2H3,(H,6,7,9);1H. The number of halogens is 1. The molecule has 0 radical (unpaired) electrons. The molecule has 4 nitrogen and oxygen atoms in total. The average Bonchev–Trinajstić information content (AvgIpc) is 2.10. The average molecular weight is 164 g/mol. The maximum absolute atomic E-state index is 10.6. The minimum absolute atomic E-state index is 0. The molecule has 0 fully saturated rings. The highest BCUT2D eigenvalue weighted by Crippen LogP contribution is 1.95. The van der Waals surface area contributed by atoms with E-state index in [4.69, 9.17) is 0 Å². The van der Waals surface area contributed by atoms with Crippen LogP contribution in [0.2, 0.25) is 0 Å². The van der Waals surface area contributed by atoms with Gasteiger partial charge in [-0.1, -0.05) is 0 Å². The van der Waals surface area contributed by atoms with Crippen molar-refractivity contribution in [3.63, 3.8) is 0 Å². The highest BCUT2D eigenvalue weighted by molar-refractivity contribution is 6.00. The molecule has 0 aromatic heterocycles. The smallest absolute Gasteiger partial charge is 0.268 e.